The zero-order valence-electron chi connectivity index (χ0n) is 18.3. The van der Waals surface area contributed by atoms with Crippen LogP contribution in [0.2, 0.25) is 0 Å². The van der Waals surface area contributed by atoms with Crippen LogP contribution in [0.25, 0.3) is 11.0 Å². The Hall–Kier alpha value is -3.44. The number of thiophene rings is 1. The number of pyridine rings is 1. The molecule has 3 aromatic heterocycles. The van der Waals surface area contributed by atoms with Crippen LogP contribution in [0.1, 0.15) is 26.5 Å². The molecule has 0 aliphatic heterocycles. The lowest BCUT2D eigenvalue weighted by Gasteiger charge is -2.15. The summed E-state index contributed by atoms with van der Waals surface area (Å²) in [5, 5.41) is 9.39. The van der Waals surface area contributed by atoms with E-state index in [1.165, 1.54) is 19.4 Å². The van der Waals surface area contributed by atoms with Crippen LogP contribution in [0.15, 0.2) is 48.0 Å². The Morgan fingerprint density at radius 2 is 2.03 bits per heavy atom. The summed E-state index contributed by atoms with van der Waals surface area (Å²) in [5.41, 5.74) is 0.344. The number of amides is 1. The molecule has 3 heterocycles. The van der Waals surface area contributed by atoms with Crippen molar-refractivity contribution < 1.29 is 27.4 Å². The van der Waals surface area contributed by atoms with Crippen LogP contribution in [0.4, 0.5) is 18.9 Å². The first-order chi connectivity index (χ1) is 16.3. The highest BCUT2D eigenvalue weighted by Gasteiger charge is 2.31. The Bertz CT molecular complexity index is 1300. The Kier molecular flexibility index (Phi) is 6.85. The maximum atomic E-state index is 13.3. The second-order valence-corrected chi connectivity index (χ2v) is 8.47. The smallest absolute Gasteiger partial charge is 0.416 e. The van der Waals surface area contributed by atoms with E-state index in [4.69, 9.17) is 9.47 Å². The molecule has 0 spiro atoms. The molecule has 4 aromatic rings. The van der Waals surface area contributed by atoms with Crippen molar-refractivity contribution in [1.29, 1.82) is 0 Å². The van der Waals surface area contributed by atoms with E-state index < -0.39 is 17.6 Å². The van der Waals surface area contributed by atoms with Gasteiger partial charge in [-0.15, -0.1) is 11.3 Å². The molecule has 0 aliphatic rings. The molecule has 0 aliphatic carbocycles. The van der Waals surface area contributed by atoms with Crippen molar-refractivity contribution in [2.45, 2.75) is 19.6 Å². The zero-order chi connectivity index (χ0) is 24.3. The number of fused-ring (bicyclic) bond motifs is 1. The van der Waals surface area contributed by atoms with E-state index in [0.29, 0.717) is 23.3 Å². The number of anilines is 1. The number of carbonyl (C=O) groups is 1. The van der Waals surface area contributed by atoms with Crippen molar-refractivity contribution in [3.05, 3.63) is 69.7 Å². The number of nitrogens with one attached hydrogen (secondary N) is 1. The maximum absolute atomic E-state index is 13.3. The number of aromatic nitrogens is 3. The first-order valence-electron chi connectivity index (χ1n) is 10.3. The number of hydrogen-bond acceptors (Lipinski definition) is 6. The molecule has 0 saturated heterocycles. The van der Waals surface area contributed by atoms with E-state index in [1.807, 2.05) is 17.5 Å². The molecule has 0 fully saturated rings. The van der Waals surface area contributed by atoms with Gasteiger partial charge in [0.1, 0.15) is 12.4 Å². The third kappa shape index (κ3) is 5.20. The van der Waals surface area contributed by atoms with Gasteiger partial charge in [-0.3, -0.25) is 4.79 Å². The molecule has 0 saturated carbocycles. The first kappa shape index (κ1) is 23.7. The topological polar surface area (TPSA) is 78.3 Å². The lowest BCUT2D eigenvalue weighted by atomic mass is 10.1. The highest BCUT2D eigenvalue weighted by atomic mass is 32.1. The Labute approximate surface area is 197 Å². The minimum absolute atomic E-state index is 0.0930. The van der Waals surface area contributed by atoms with Gasteiger partial charge in [0.25, 0.3) is 5.91 Å². The SMILES string of the molecule is COCCOc1ccc(C(F)(F)F)cc1NC(=O)c1cc(C)nc2c1cnn2Cc1cccs1. The molecule has 0 radical (unpaired) electrons. The van der Waals surface area contributed by atoms with Crippen LogP contribution in [0.3, 0.4) is 0 Å². The average molecular weight is 491 g/mol. The molecule has 11 heteroatoms. The quantitative estimate of drug-likeness (QED) is 0.346. The highest BCUT2D eigenvalue weighted by Crippen LogP contribution is 2.35. The fraction of sp³-hybridized carbons (Fsp3) is 0.261. The fourth-order valence-corrected chi connectivity index (χ4v) is 4.07. The number of carbonyl (C=O) groups excluding carboxylic acids is 1. The van der Waals surface area contributed by atoms with Gasteiger partial charge in [-0.05, 0) is 42.6 Å². The van der Waals surface area contributed by atoms with E-state index >= 15 is 0 Å². The van der Waals surface area contributed by atoms with E-state index in [-0.39, 0.29) is 30.2 Å². The lowest BCUT2D eigenvalue weighted by molar-refractivity contribution is -0.137. The van der Waals surface area contributed by atoms with Crippen molar-refractivity contribution in [2.24, 2.45) is 0 Å². The minimum Gasteiger partial charge on any atom is -0.489 e. The molecule has 4 rings (SSSR count). The van der Waals surface area contributed by atoms with Gasteiger partial charge in [0.05, 0.1) is 41.5 Å². The predicted octanol–water partition coefficient (Wildman–Crippen LogP) is 5.15. The van der Waals surface area contributed by atoms with Crippen LogP contribution in [-0.4, -0.2) is 41.0 Å². The third-order valence-corrected chi connectivity index (χ3v) is 5.83. The number of methoxy groups -OCH3 is 1. The summed E-state index contributed by atoms with van der Waals surface area (Å²) in [5.74, 6) is -0.490. The van der Waals surface area contributed by atoms with Gasteiger partial charge in [0.2, 0.25) is 0 Å². The van der Waals surface area contributed by atoms with E-state index in [2.05, 4.69) is 15.4 Å². The van der Waals surface area contributed by atoms with Crippen LogP contribution in [-0.2, 0) is 17.5 Å². The molecule has 0 unspecified atom stereocenters. The van der Waals surface area contributed by atoms with E-state index in [0.717, 1.165) is 17.0 Å². The summed E-state index contributed by atoms with van der Waals surface area (Å²) in [6.45, 7) is 2.58. The number of benzene rings is 1. The molecular formula is C23H21F3N4O3S. The summed E-state index contributed by atoms with van der Waals surface area (Å²) >= 11 is 1.58. The van der Waals surface area contributed by atoms with Gasteiger partial charge in [-0.1, -0.05) is 6.07 Å². The normalized spacial score (nSPS) is 11.7. The predicted molar refractivity (Wildman–Crippen MR) is 122 cm³/mol. The monoisotopic (exact) mass is 490 g/mol. The van der Waals surface area contributed by atoms with Crippen LogP contribution in [0.5, 0.6) is 5.75 Å². The molecule has 0 bridgehead atoms. The largest absolute Gasteiger partial charge is 0.489 e. The number of hydrogen-bond donors (Lipinski definition) is 1. The lowest BCUT2D eigenvalue weighted by Crippen LogP contribution is -2.16. The summed E-state index contributed by atoms with van der Waals surface area (Å²) in [7, 11) is 1.48. The number of nitrogens with zero attached hydrogens (tertiary/aromatic N) is 3. The highest BCUT2D eigenvalue weighted by molar-refractivity contribution is 7.09. The Morgan fingerprint density at radius 1 is 1.21 bits per heavy atom. The molecule has 7 nitrogen and oxygen atoms in total. The maximum Gasteiger partial charge on any atom is 0.416 e. The summed E-state index contributed by atoms with van der Waals surface area (Å²) in [6, 6.07) is 8.42. The third-order valence-electron chi connectivity index (χ3n) is 4.97. The number of aryl methyl sites for hydroxylation is 1. The standard InChI is InChI=1S/C23H21F3N4O3S/c1-14-10-17(18-12-27-30(21(18)28-14)13-16-4-3-9-34-16)22(31)29-19-11-15(23(24,25)26)5-6-20(19)33-8-7-32-2/h3-6,9-12H,7-8,13H2,1-2H3,(H,29,31). The second-order valence-electron chi connectivity index (χ2n) is 7.43. The number of ether oxygens (including phenoxy) is 2. The minimum atomic E-state index is -4.58. The van der Waals surface area contributed by atoms with Crippen molar-refractivity contribution in [2.75, 3.05) is 25.6 Å². The fourth-order valence-electron chi connectivity index (χ4n) is 3.38. The Balaban J connectivity index is 1.68. The van der Waals surface area contributed by atoms with Gasteiger partial charge in [-0.2, -0.15) is 18.3 Å². The molecule has 178 valence electrons. The van der Waals surface area contributed by atoms with E-state index in [1.54, 1.807) is 29.0 Å². The van der Waals surface area contributed by atoms with Crippen LogP contribution < -0.4 is 10.1 Å². The molecule has 0 atom stereocenters. The van der Waals surface area contributed by atoms with E-state index in [9.17, 15) is 18.0 Å². The second kappa shape index (κ2) is 9.82. The molecule has 1 aromatic carbocycles. The Morgan fingerprint density at radius 3 is 2.74 bits per heavy atom. The van der Waals surface area contributed by atoms with Gasteiger partial charge in [0.15, 0.2) is 5.65 Å². The van der Waals surface area contributed by atoms with Gasteiger partial charge in [-0.25, -0.2) is 9.67 Å². The molecule has 1 N–H and O–H groups in total. The molecule has 34 heavy (non-hydrogen) atoms. The van der Waals surface area contributed by atoms with Crippen LogP contribution in [0, 0.1) is 6.92 Å². The summed E-state index contributed by atoms with van der Waals surface area (Å²) < 4.78 is 52.0. The van der Waals surface area contributed by atoms with Crippen molar-refractivity contribution in [3.63, 3.8) is 0 Å². The van der Waals surface area contributed by atoms with Gasteiger partial charge in [0, 0.05) is 17.7 Å². The van der Waals surface area contributed by atoms with Gasteiger partial charge >= 0.3 is 6.18 Å². The van der Waals surface area contributed by atoms with Crippen molar-refractivity contribution in [1.82, 2.24) is 14.8 Å². The molecular weight excluding hydrogens is 469 g/mol. The van der Waals surface area contributed by atoms with Gasteiger partial charge < -0.3 is 14.8 Å². The molecule has 1 amide bonds. The summed E-state index contributed by atoms with van der Waals surface area (Å²) in [4.78, 5) is 18.8. The first-order valence-corrected chi connectivity index (χ1v) is 11.1. The number of halogens is 3. The van der Waals surface area contributed by atoms with Crippen LogP contribution >= 0.6 is 11.3 Å². The summed E-state index contributed by atoms with van der Waals surface area (Å²) in [6.07, 6.45) is -3.04. The number of rotatable bonds is 8. The van der Waals surface area contributed by atoms with Crippen molar-refractivity contribution >= 4 is 34.0 Å². The average Bonchev–Trinajstić information content (AvgIpc) is 3.44. The number of alkyl halides is 3. The zero-order valence-corrected chi connectivity index (χ0v) is 19.2. The van der Waals surface area contributed by atoms with Crippen molar-refractivity contribution in [3.8, 4) is 5.75 Å².